The summed E-state index contributed by atoms with van der Waals surface area (Å²) in [7, 11) is 3.13. The first-order chi connectivity index (χ1) is 14.1. The molecule has 1 unspecified atom stereocenters. The van der Waals surface area contributed by atoms with E-state index in [2.05, 4.69) is 10.3 Å². The van der Waals surface area contributed by atoms with E-state index in [1.165, 1.54) is 11.8 Å². The highest BCUT2D eigenvalue weighted by atomic mass is 32.2. The van der Waals surface area contributed by atoms with Crippen molar-refractivity contribution in [1.29, 1.82) is 0 Å². The number of thioether (sulfide) groups is 1. The van der Waals surface area contributed by atoms with E-state index < -0.39 is 5.25 Å². The molecular formula is C21H23N3O4S. The third kappa shape index (κ3) is 5.36. The summed E-state index contributed by atoms with van der Waals surface area (Å²) in [5.74, 6) is 0.171. The molecule has 0 bridgehead atoms. The van der Waals surface area contributed by atoms with Crippen LogP contribution in [0.25, 0.3) is 0 Å². The molecular weight excluding hydrogens is 390 g/mol. The second-order valence-electron chi connectivity index (χ2n) is 6.27. The number of aliphatic imine (C=N–C) groups is 1. The maximum Gasteiger partial charge on any atom is 0.242 e. The molecule has 0 spiro atoms. The van der Waals surface area contributed by atoms with Gasteiger partial charge < -0.3 is 14.8 Å². The average molecular weight is 413 g/mol. The van der Waals surface area contributed by atoms with Crippen LogP contribution in [0, 0.1) is 0 Å². The molecule has 2 amide bonds. The molecule has 7 nitrogen and oxygen atoms in total. The molecule has 8 heteroatoms. The lowest BCUT2D eigenvalue weighted by Gasteiger charge is -2.15. The summed E-state index contributed by atoms with van der Waals surface area (Å²) in [4.78, 5) is 31.6. The van der Waals surface area contributed by atoms with Crippen LogP contribution in [0.1, 0.15) is 6.42 Å². The van der Waals surface area contributed by atoms with Gasteiger partial charge >= 0.3 is 0 Å². The number of ether oxygens (including phenoxy) is 2. The van der Waals surface area contributed by atoms with E-state index in [0.717, 1.165) is 5.69 Å². The van der Waals surface area contributed by atoms with Crippen LogP contribution in [-0.4, -0.2) is 54.5 Å². The van der Waals surface area contributed by atoms with E-state index >= 15 is 0 Å². The number of para-hydroxylation sites is 3. The van der Waals surface area contributed by atoms with Crippen LogP contribution in [-0.2, 0) is 14.3 Å². The van der Waals surface area contributed by atoms with Gasteiger partial charge in [-0.2, -0.15) is 0 Å². The van der Waals surface area contributed by atoms with E-state index in [9.17, 15) is 9.59 Å². The lowest BCUT2D eigenvalue weighted by Crippen LogP contribution is -2.35. The monoisotopic (exact) mass is 413 g/mol. The molecule has 0 aliphatic carbocycles. The first-order valence-electron chi connectivity index (χ1n) is 9.16. The van der Waals surface area contributed by atoms with Crippen molar-refractivity contribution in [1.82, 2.24) is 4.90 Å². The number of anilines is 1. The summed E-state index contributed by atoms with van der Waals surface area (Å²) in [5, 5.41) is 2.86. The van der Waals surface area contributed by atoms with Gasteiger partial charge in [0.25, 0.3) is 0 Å². The first-order valence-corrected chi connectivity index (χ1v) is 10.0. The number of amidine groups is 1. The molecule has 0 saturated carbocycles. The molecule has 1 atom stereocenters. The zero-order valence-corrected chi connectivity index (χ0v) is 17.1. The van der Waals surface area contributed by atoms with Crippen LogP contribution in [0.2, 0.25) is 0 Å². The Balaban J connectivity index is 1.73. The minimum atomic E-state index is -0.538. The van der Waals surface area contributed by atoms with Gasteiger partial charge in [0, 0.05) is 13.5 Å². The highest BCUT2D eigenvalue weighted by Crippen LogP contribution is 2.32. The van der Waals surface area contributed by atoms with Gasteiger partial charge in [-0.3, -0.25) is 14.5 Å². The van der Waals surface area contributed by atoms with Crippen molar-refractivity contribution >= 4 is 40.1 Å². The Labute approximate surface area is 174 Å². The molecule has 3 rings (SSSR count). The number of hydrogen-bond acceptors (Lipinski definition) is 6. The third-order valence-electron chi connectivity index (χ3n) is 4.27. The van der Waals surface area contributed by atoms with Gasteiger partial charge in [-0.15, -0.1) is 0 Å². The maximum atomic E-state index is 12.9. The van der Waals surface area contributed by atoms with Gasteiger partial charge in [0.05, 0.1) is 31.6 Å². The van der Waals surface area contributed by atoms with Gasteiger partial charge in [-0.05, 0) is 24.3 Å². The van der Waals surface area contributed by atoms with Crippen LogP contribution >= 0.6 is 11.8 Å². The number of methoxy groups -OCH3 is 2. The lowest BCUT2D eigenvalue weighted by molar-refractivity contribution is -0.128. The summed E-state index contributed by atoms with van der Waals surface area (Å²) < 4.78 is 10.4. The highest BCUT2D eigenvalue weighted by Gasteiger charge is 2.39. The molecule has 1 aliphatic rings. The van der Waals surface area contributed by atoms with E-state index in [0.29, 0.717) is 29.8 Å². The van der Waals surface area contributed by atoms with E-state index in [-0.39, 0.29) is 18.2 Å². The molecule has 1 fully saturated rings. The van der Waals surface area contributed by atoms with E-state index in [4.69, 9.17) is 9.47 Å². The summed E-state index contributed by atoms with van der Waals surface area (Å²) >= 11 is 1.30. The second-order valence-corrected chi connectivity index (χ2v) is 7.44. The number of benzene rings is 2. The number of amides is 2. The largest absolute Gasteiger partial charge is 0.495 e. The maximum absolute atomic E-state index is 12.9. The smallest absolute Gasteiger partial charge is 0.242 e. The van der Waals surface area contributed by atoms with Crippen LogP contribution < -0.4 is 10.1 Å². The zero-order valence-electron chi connectivity index (χ0n) is 16.3. The first kappa shape index (κ1) is 20.9. The minimum Gasteiger partial charge on any atom is -0.495 e. The van der Waals surface area contributed by atoms with Gasteiger partial charge in [-0.25, -0.2) is 4.99 Å². The third-order valence-corrected chi connectivity index (χ3v) is 5.45. The Morgan fingerprint density at radius 1 is 1.14 bits per heavy atom. The lowest BCUT2D eigenvalue weighted by atomic mass is 10.2. The fraction of sp³-hybridized carbons (Fsp3) is 0.286. The van der Waals surface area contributed by atoms with Crippen molar-refractivity contribution in [2.75, 3.05) is 32.7 Å². The Kier molecular flexibility index (Phi) is 7.26. The highest BCUT2D eigenvalue weighted by molar-refractivity contribution is 8.15. The van der Waals surface area contributed by atoms with E-state index in [1.54, 1.807) is 31.3 Å². The van der Waals surface area contributed by atoms with Crippen molar-refractivity contribution in [2.45, 2.75) is 11.7 Å². The molecule has 2 aromatic rings. The van der Waals surface area contributed by atoms with Crippen molar-refractivity contribution in [3.05, 3.63) is 54.6 Å². The Morgan fingerprint density at radius 2 is 1.86 bits per heavy atom. The molecule has 2 aromatic carbocycles. The number of hydrogen-bond donors (Lipinski definition) is 1. The summed E-state index contributed by atoms with van der Waals surface area (Å²) in [6, 6.07) is 16.6. The normalized spacial score (nSPS) is 17.6. The molecule has 1 heterocycles. The predicted octanol–water partition coefficient (Wildman–Crippen LogP) is 3.30. The van der Waals surface area contributed by atoms with Crippen LogP contribution in [0.3, 0.4) is 0 Å². The van der Waals surface area contributed by atoms with Gasteiger partial charge in [-0.1, -0.05) is 42.1 Å². The molecule has 152 valence electrons. The number of carbonyl (C=O) groups excluding carboxylic acids is 2. The van der Waals surface area contributed by atoms with Crippen molar-refractivity contribution < 1.29 is 19.1 Å². The van der Waals surface area contributed by atoms with Crippen LogP contribution in [0.5, 0.6) is 5.75 Å². The molecule has 1 N–H and O–H groups in total. The van der Waals surface area contributed by atoms with Crippen LogP contribution in [0.15, 0.2) is 59.6 Å². The SMILES string of the molecule is COCCN1C(=O)C(CC(=O)Nc2ccccc2OC)SC1=Nc1ccccc1. The van der Waals surface area contributed by atoms with Crippen molar-refractivity contribution in [3.8, 4) is 5.75 Å². The summed E-state index contributed by atoms with van der Waals surface area (Å²) in [5.41, 5.74) is 1.33. The van der Waals surface area contributed by atoms with Crippen molar-refractivity contribution in [2.24, 2.45) is 4.99 Å². The second kappa shape index (κ2) is 10.1. The fourth-order valence-corrected chi connectivity index (χ4v) is 4.03. The van der Waals surface area contributed by atoms with Gasteiger partial charge in [0.1, 0.15) is 11.0 Å². The van der Waals surface area contributed by atoms with E-state index in [1.807, 2.05) is 42.5 Å². The number of rotatable bonds is 8. The van der Waals surface area contributed by atoms with Gasteiger partial charge in [0.15, 0.2) is 5.17 Å². The Morgan fingerprint density at radius 3 is 2.59 bits per heavy atom. The quantitative estimate of drug-likeness (QED) is 0.718. The minimum absolute atomic E-state index is 0.0405. The predicted molar refractivity (Wildman–Crippen MR) is 115 cm³/mol. The Bertz CT molecular complexity index is 889. The number of nitrogens with one attached hydrogen (secondary N) is 1. The molecule has 0 radical (unpaired) electrons. The molecule has 0 aromatic heterocycles. The number of carbonyl (C=O) groups is 2. The van der Waals surface area contributed by atoms with Crippen LogP contribution in [0.4, 0.5) is 11.4 Å². The average Bonchev–Trinajstić information content (AvgIpc) is 3.01. The molecule has 29 heavy (non-hydrogen) atoms. The standard InChI is InChI=1S/C21H23N3O4S/c1-27-13-12-24-20(26)18(29-21(24)22-15-8-4-3-5-9-15)14-19(25)23-16-10-6-7-11-17(16)28-2/h3-11,18H,12-14H2,1-2H3,(H,23,25). The number of nitrogens with zero attached hydrogens (tertiary/aromatic N) is 2. The fourth-order valence-electron chi connectivity index (χ4n) is 2.84. The van der Waals surface area contributed by atoms with Crippen molar-refractivity contribution in [3.63, 3.8) is 0 Å². The molecule has 1 aliphatic heterocycles. The topological polar surface area (TPSA) is 80.2 Å². The summed E-state index contributed by atoms with van der Waals surface area (Å²) in [6.45, 7) is 0.777. The Hall–Kier alpha value is -2.84. The van der Waals surface area contributed by atoms with Gasteiger partial charge in [0.2, 0.25) is 11.8 Å². The summed E-state index contributed by atoms with van der Waals surface area (Å²) in [6.07, 6.45) is 0.0405. The molecule has 1 saturated heterocycles. The zero-order chi connectivity index (χ0) is 20.6.